The van der Waals surface area contributed by atoms with Crippen LogP contribution >= 0.6 is 11.3 Å². The van der Waals surface area contributed by atoms with Crippen molar-refractivity contribution in [3.05, 3.63) is 47.0 Å². The van der Waals surface area contributed by atoms with Crippen molar-refractivity contribution in [3.8, 4) is 0 Å². The van der Waals surface area contributed by atoms with Gasteiger partial charge in [0.25, 0.3) is 0 Å². The largest absolute Gasteiger partial charge is 0.353 e. The summed E-state index contributed by atoms with van der Waals surface area (Å²) in [5.74, 6) is -1.44. The highest BCUT2D eigenvalue weighted by molar-refractivity contribution is 7.13. The molecule has 0 unspecified atom stereocenters. The van der Waals surface area contributed by atoms with Gasteiger partial charge >= 0.3 is 0 Å². The van der Waals surface area contributed by atoms with Gasteiger partial charge in [-0.3, -0.25) is 24.0 Å². The monoisotopic (exact) mass is 656 g/mol. The lowest BCUT2D eigenvalue weighted by molar-refractivity contribution is -0.144. The molecule has 1 aromatic carbocycles. The molecule has 1 aliphatic heterocycles. The van der Waals surface area contributed by atoms with Crippen LogP contribution < -0.4 is 31.9 Å². The van der Waals surface area contributed by atoms with Crippen molar-refractivity contribution in [3.63, 3.8) is 0 Å². The molecule has 14 heteroatoms. The van der Waals surface area contributed by atoms with Crippen LogP contribution in [0.4, 0.5) is 5.13 Å². The number of likely N-dealkylation sites (tertiary alicyclic amines) is 1. The third kappa shape index (κ3) is 10.1. The Hall–Kier alpha value is -3.88. The first-order valence-electron chi connectivity index (χ1n) is 15.6. The fourth-order valence-electron chi connectivity index (χ4n) is 4.95. The van der Waals surface area contributed by atoms with Crippen molar-refractivity contribution in [1.82, 2.24) is 36.5 Å². The average molecular weight is 657 g/mol. The van der Waals surface area contributed by atoms with E-state index in [2.05, 4.69) is 36.9 Å². The summed E-state index contributed by atoms with van der Waals surface area (Å²) in [6, 6.07) is 6.34. The molecule has 6 N–H and O–H groups in total. The molecule has 0 radical (unpaired) electrons. The molecule has 1 aliphatic rings. The second-order valence-corrected chi connectivity index (χ2v) is 13.5. The minimum absolute atomic E-state index is 0.000390. The van der Waals surface area contributed by atoms with Crippen molar-refractivity contribution < 1.29 is 24.0 Å². The van der Waals surface area contributed by atoms with E-state index in [1.54, 1.807) is 38.2 Å². The van der Waals surface area contributed by atoms with Crippen molar-refractivity contribution in [1.29, 1.82) is 0 Å². The molecular formula is C32H48N8O5S. The number of aromatic nitrogens is 1. The quantitative estimate of drug-likeness (QED) is 0.177. The van der Waals surface area contributed by atoms with Gasteiger partial charge in [0.15, 0.2) is 5.13 Å². The Morgan fingerprint density at radius 3 is 2.26 bits per heavy atom. The van der Waals surface area contributed by atoms with Crippen LogP contribution in [0, 0.1) is 5.41 Å². The number of carbonyl (C=O) groups is 5. The highest BCUT2D eigenvalue weighted by atomic mass is 32.1. The number of nitrogens with one attached hydrogen (secondary N) is 6. The van der Waals surface area contributed by atoms with Crippen LogP contribution in [0.5, 0.6) is 0 Å². The van der Waals surface area contributed by atoms with Gasteiger partial charge in [0.2, 0.25) is 29.5 Å². The molecule has 0 saturated carbocycles. The van der Waals surface area contributed by atoms with E-state index in [4.69, 9.17) is 0 Å². The van der Waals surface area contributed by atoms with Gasteiger partial charge in [-0.05, 0) is 51.8 Å². The van der Waals surface area contributed by atoms with Crippen LogP contribution in [-0.4, -0.2) is 90.8 Å². The van der Waals surface area contributed by atoms with E-state index in [1.807, 2.05) is 51.1 Å². The Bertz CT molecular complexity index is 1360. The fourth-order valence-corrected chi connectivity index (χ4v) is 5.67. The molecule has 0 aliphatic carbocycles. The van der Waals surface area contributed by atoms with Crippen LogP contribution in [0.1, 0.15) is 64.8 Å². The van der Waals surface area contributed by atoms with Crippen LogP contribution in [0.15, 0.2) is 35.7 Å². The highest BCUT2D eigenvalue weighted by Gasteiger charge is 2.42. The zero-order chi connectivity index (χ0) is 34.0. The molecule has 13 nitrogen and oxygen atoms in total. The summed E-state index contributed by atoms with van der Waals surface area (Å²) in [7, 11) is 3.36. The van der Waals surface area contributed by atoms with Gasteiger partial charge in [-0.1, -0.05) is 51.1 Å². The van der Waals surface area contributed by atoms with E-state index in [0.29, 0.717) is 30.2 Å². The molecular weight excluding hydrogens is 608 g/mol. The first kappa shape index (κ1) is 36.6. The Morgan fingerprint density at radius 2 is 1.63 bits per heavy atom. The van der Waals surface area contributed by atoms with Crippen LogP contribution in [0.2, 0.25) is 0 Å². The van der Waals surface area contributed by atoms with Crippen molar-refractivity contribution in [2.45, 2.75) is 84.1 Å². The summed E-state index contributed by atoms with van der Waals surface area (Å²) in [6.07, 6.45) is 1.14. The number of rotatable bonds is 14. The third-order valence-electron chi connectivity index (χ3n) is 8.04. The number of thiazole rings is 1. The molecule has 0 spiro atoms. The maximum absolute atomic E-state index is 13.8. The Balaban J connectivity index is 1.68. The van der Waals surface area contributed by atoms with E-state index in [0.717, 1.165) is 5.56 Å². The van der Waals surface area contributed by atoms with Gasteiger partial charge < -0.3 is 36.8 Å². The maximum Gasteiger partial charge on any atom is 0.246 e. The van der Waals surface area contributed by atoms with Crippen molar-refractivity contribution in [2.24, 2.45) is 5.41 Å². The normalized spacial score (nSPS) is 17.4. The SMILES string of the molecule is CN[C@@H](C)C(=O)Nc1nc(CC(=O)NC[C@@H](NC(=O)[C@@H]2CCCN2C(=O)[C@@H](NC(=O)[C@H](C)NC)C(C)(C)C)c2ccccc2)cs1. The van der Waals surface area contributed by atoms with Crippen LogP contribution in [0.3, 0.4) is 0 Å². The molecule has 46 heavy (non-hydrogen) atoms. The van der Waals surface area contributed by atoms with E-state index in [9.17, 15) is 24.0 Å². The summed E-state index contributed by atoms with van der Waals surface area (Å²) < 4.78 is 0. The van der Waals surface area contributed by atoms with Crippen molar-refractivity contribution in [2.75, 3.05) is 32.5 Å². The topological polar surface area (TPSA) is 174 Å². The number of amides is 5. The number of anilines is 1. The zero-order valence-corrected chi connectivity index (χ0v) is 28.5. The number of likely N-dealkylation sites (N-methyl/N-ethyl adjacent to an activating group) is 2. The second-order valence-electron chi connectivity index (χ2n) is 12.6. The number of nitrogens with zero attached hydrogens (tertiary/aromatic N) is 2. The summed E-state index contributed by atoms with van der Waals surface area (Å²) in [4.78, 5) is 71.2. The molecule has 1 aromatic heterocycles. The minimum Gasteiger partial charge on any atom is -0.353 e. The van der Waals surface area contributed by atoms with Crippen LogP contribution in [-0.2, 0) is 30.4 Å². The number of carbonyl (C=O) groups excluding carboxylic acids is 5. The zero-order valence-electron chi connectivity index (χ0n) is 27.7. The third-order valence-corrected chi connectivity index (χ3v) is 8.84. The smallest absolute Gasteiger partial charge is 0.246 e. The van der Waals surface area contributed by atoms with Gasteiger partial charge in [-0.25, -0.2) is 4.98 Å². The lowest BCUT2D eigenvalue weighted by Crippen LogP contribution is -2.59. The Morgan fingerprint density at radius 1 is 0.978 bits per heavy atom. The number of hydrogen-bond acceptors (Lipinski definition) is 9. The van der Waals surface area contributed by atoms with Crippen LogP contribution in [0.25, 0.3) is 0 Å². The fraction of sp³-hybridized carbons (Fsp3) is 0.562. The summed E-state index contributed by atoms with van der Waals surface area (Å²) in [5, 5.41) is 19.4. The predicted octanol–water partition coefficient (Wildman–Crippen LogP) is 1.34. The second kappa shape index (κ2) is 16.6. The standard InChI is InChI=1S/C32H48N8O5S/c1-19(33-6)27(42)38-26(32(3,4)5)30(45)40-15-11-14-24(40)29(44)37-23(21-12-9-8-10-13-21)17-35-25(41)16-22-18-46-31(36-22)39-28(43)20(2)34-7/h8-10,12-13,18-20,23-24,26,33-34H,11,14-17H2,1-7H3,(H,35,41)(H,37,44)(H,38,42)(H,36,39,43)/t19-,20-,23+,24-,26+/m0/s1. The summed E-state index contributed by atoms with van der Waals surface area (Å²) >= 11 is 1.24. The van der Waals surface area contributed by atoms with E-state index < -0.39 is 29.6 Å². The molecule has 5 amide bonds. The first-order valence-corrected chi connectivity index (χ1v) is 16.5. The molecule has 252 valence electrons. The van der Waals surface area contributed by atoms with Gasteiger partial charge in [-0.15, -0.1) is 11.3 Å². The Kier molecular flexibility index (Phi) is 13.2. The number of hydrogen-bond donors (Lipinski definition) is 6. The molecule has 0 bridgehead atoms. The number of benzene rings is 1. The molecule has 3 rings (SSSR count). The molecule has 2 aromatic rings. The highest BCUT2D eigenvalue weighted by Crippen LogP contribution is 2.27. The minimum atomic E-state index is -0.820. The van der Waals surface area contributed by atoms with Gasteiger partial charge in [0, 0.05) is 18.5 Å². The lowest BCUT2D eigenvalue weighted by Gasteiger charge is -2.36. The molecule has 5 atom stereocenters. The average Bonchev–Trinajstić information content (AvgIpc) is 3.70. The molecule has 1 fully saturated rings. The van der Waals surface area contributed by atoms with Gasteiger partial charge in [-0.2, -0.15) is 0 Å². The summed E-state index contributed by atoms with van der Waals surface area (Å²) in [5.41, 5.74) is 0.723. The van der Waals surface area contributed by atoms with E-state index in [-0.39, 0.29) is 48.5 Å². The molecule has 1 saturated heterocycles. The summed E-state index contributed by atoms with van der Waals surface area (Å²) in [6.45, 7) is 9.61. The van der Waals surface area contributed by atoms with Crippen molar-refractivity contribution >= 4 is 46.0 Å². The predicted molar refractivity (Wildman–Crippen MR) is 178 cm³/mol. The molecule has 2 heterocycles. The van der Waals surface area contributed by atoms with Gasteiger partial charge in [0.05, 0.1) is 30.2 Å². The van der Waals surface area contributed by atoms with Gasteiger partial charge in [0.1, 0.15) is 12.1 Å². The Labute approximate surface area is 275 Å². The first-order chi connectivity index (χ1) is 21.7. The lowest BCUT2D eigenvalue weighted by atomic mass is 9.85. The van der Waals surface area contributed by atoms with E-state index >= 15 is 0 Å². The maximum atomic E-state index is 13.8. The van der Waals surface area contributed by atoms with E-state index in [1.165, 1.54) is 11.3 Å².